The topological polar surface area (TPSA) is 49.2 Å². The molecule has 0 bridgehead atoms. The van der Waals surface area contributed by atoms with Crippen LogP contribution in [0.15, 0.2) is 54.7 Å². The van der Waals surface area contributed by atoms with Crippen molar-refractivity contribution in [1.82, 2.24) is 9.97 Å². The van der Waals surface area contributed by atoms with Crippen molar-refractivity contribution in [1.29, 1.82) is 0 Å². The van der Waals surface area contributed by atoms with Crippen molar-refractivity contribution < 1.29 is 5.11 Å². The molecule has 21 heavy (non-hydrogen) atoms. The molecule has 0 saturated heterocycles. The van der Waals surface area contributed by atoms with E-state index in [1.165, 1.54) is 0 Å². The summed E-state index contributed by atoms with van der Waals surface area (Å²) in [5, 5.41) is 11.6. The molecule has 4 heteroatoms. The maximum Gasteiger partial charge on any atom is 0.136 e. The molecule has 106 valence electrons. The molecule has 1 aromatic carbocycles. The number of aliphatic hydroxyl groups is 1. The molecule has 2 aromatic heterocycles. The summed E-state index contributed by atoms with van der Waals surface area (Å²) in [6, 6.07) is 15.9. The van der Waals surface area contributed by atoms with Crippen molar-refractivity contribution >= 4 is 16.6 Å². The fourth-order valence-electron chi connectivity index (χ4n) is 2.42. The van der Waals surface area contributed by atoms with E-state index in [0.29, 0.717) is 12.2 Å². The smallest absolute Gasteiger partial charge is 0.136 e. The summed E-state index contributed by atoms with van der Waals surface area (Å²) in [6.07, 6.45) is 1.79. The SMILES string of the molecule is CN(Cc1ccccn1)c1nc(CO)cc2ccccc12. The Labute approximate surface area is 123 Å². The average Bonchev–Trinajstić information content (AvgIpc) is 2.54. The standard InChI is InChI=1S/C17H17N3O/c1-20(11-14-7-4-5-9-18-14)17-16-8-3-2-6-13(16)10-15(12-21)19-17/h2-10,21H,11-12H2,1H3. The Kier molecular flexibility index (Phi) is 3.79. The Hall–Kier alpha value is -2.46. The number of fused-ring (bicyclic) bond motifs is 1. The van der Waals surface area contributed by atoms with E-state index >= 15 is 0 Å². The molecule has 0 saturated carbocycles. The third kappa shape index (κ3) is 2.85. The molecule has 2 heterocycles. The average molecular weight is 279 g/mol. The van der Waals surface area contributed by atoms with E-state index in [0.717, 1.165) is 22.3 Å². The molecule has 0 atom stereocenters. The maximum absolute atomic E-state index is 9.40. The van der Waals surface area contributed by atoms with Crippen LogP contribution in [0.25, 0.3) is 10.8 Å². The molecule has 0 aliphatic carbocycles. The quantitative estimate of drug-likeness (QED) is 0.798. The monoisotopic (exact) mass is 279 g/mol. The van der Waals surface area contributed by atoms with E-state index in [1.54, 1.807) is 6.20 Å². The van der Waals surface area contributed by atoms with Crippen LogP contribution in [-0.4, -0.2) is 22.1 Å². The normalized spacial score (nSPS) is 10.8. The number of pyridine rings is 2. The highest BCUT2D eigenvalue weighted by Gasteiger charge is 2.10. The first kappa shape index (κ1) is 13.5. The molecular formula is C17H17N3O. The first-order valence-corrected chi connectivity index (χ1v) is 6.88. The summed E-state index contributed by atoms with van der Waals surface area (Å²) in [4.78, 5) is 11.0. The molecule has 0 radical (unpaired) electrons. The van der Waals surface area contributed by atoms with Gasteiger partial charge in [0, 0.05) is 18.6 Å². The van der Waals surface area contributed by atoms with Crippen LogP contribution in [-0.2, 0) is 13.2 Å². The minimum Gasteiger partial charge on any atom is -0.390 e. The third-order valence-corrected chi connectivity index (χ3v) is 3.42. The predicted molar refractivity (Wildman–Crippen MR) is 84.0 cm³/mol. The molecule has 3 rings (SSSR count). The molecule has 4 nitrogen and oxygen atoms in total. The molecule has 0 unspecified atom stereocenters. The second kappa shape index (κ2) is 5.89. The highest BCUT2D eigenvalue weighted by molar-refractivity contribution is 5.92. The second-order valence-electron chi connectivity index (χ2n) is 4.99. The molecule has 3 aromatic rings. The van der Waals surface area contributed by atoms with Gasteiger partial charge >= 0.3 is 0 Å². The van der Waals surface area contributed by atoms with Crippen molar-refractivity contribution in [3.8, 4) is 0 Å². The van der Waals surface area contributed by atoms with E-state index in [2.05, 4.69) is 14.9 Å². The minimum atomic E-state index is -0.0603. The van der Waals surface area contributed by atoms with Gasteiger partial charge in [-0.2, -0.15) is 0 Å². The number of hydrogen-bond donors (Lipinski definition) is 1. The highest BCUT2D eigenvalue weighted by Crippen LogP contribution is 2.25. The first-order chi connectivity index (χ1) is 10.3. The van der Waals surface area contributed by atoms with Crippen LogP contribution in [0.5, 0.6) is 0 Å². The van der Waals surface area contributed by atoms with Gasteiger partial charge in [0.2, 0.25) is 0 Å². The number of nitrogens with zero attached hydrogens (tertiary/aromatic N) is 3. The van der Waals surface area contributed by atoms with Crippen LogP contribution in [0, 0.1) is 0 Å². The Morgan fingerprint density at radius 3 is 2.62 bits per heavy atom. The number of rotatable bonds is 4. The zero-order chi connectivity index (χ0) is 14.7. The van der Waals surface area contributed by atoms with Crippen LogP contribution < -0.4 is 4.90 Å². The van der Waals surface area contributed by atoms with Gasteiger partial charge in [-0.1, -0.05) is 30.3 Å². The molecule has 0 aliphatic rings. The van der Waals surface area contributed by atoms with Gasteiger partial charge in [-0.25, -0.2) is 4.98 Å². The Morgan fingerprint density at radius 2 is 1.86 bits per heavy atom. The minimum absolute atomic E-state index is 0.0603. The van der Waals surface area contributed by atoms with Crippen LogP contribution >= 0.6 is 0 Å². The van der Waals surface area contributed by atoms with E-state index in [-0.39, 0.29) is 6.61 Å². The van der Waals surface area contributed by atoms with Crippen LogP contribution in [0.3, 0.4) is 0 Å². The lowest BCUT2D eigenvalue weighted by Crippen LogP contribution is -2.19. The van der Waals surface area contributed by atoms with E-state index in [9.17, 15) is 5.11 Å². The molecule has 0 spiro atoms. The summed E-state index contributed by atoms with van der Waals surface area (Å²) in [7, 11) is 1.99. The van der Waals surface area contributed by atoms with E-state index < -0.39 is 0 Å². The molecule has 0 aliphatic heterocycles. The summed E-state index contributed by atoms with van der Waals surface area (Å²) >= 11 is 0. The van der Waals surface area contributed by atoms with Gasteiger partial charge in [0.15, 0.2) is 0 Å². The summed E-state index contributed by atoms with van der Waals surface area (Å²) in [6.45, 7) is 0.613. The summed E-state index contributed by atoms with van der Waals surface area (Å²) < 4.78 is 0. The summed E-state index contributed by atoms with van der Waals surface area (Å²) in [5.41, 5.74) is 1.66. The van der Waals surface area contributed by atoms with Crippen molar-refractivity contribution in [2.24, 2.45) is 0 Å². The molecule has 0 fully saturated rings. The van der Waals surface area contributed by atoms with Gasteiger partial charge in [-0.3, -0.25) is 4.98 Å². The van der Waals surface area contributed by atoms with E-state index in [1.807, 2.05) is 55.6 Å². The van der Waals surface area contributed by atoms with Crippen molar-refractivity contribution in [2.75, 3.05) is 11.9 Å². The second-order valence-corrected chi connectivity index (χ2v) is 4.99. The lowest BCUT2D eigenvalue weighted by atomic mass is 10.1. The number of hydrogen-bond acceptors (Lipinski definition) is 4. The maximum atomic E-state index is 9.40. The fraction of sp³-hybridized carbons (Fsp3) is 0.176. The van der Waals surface area contributed by atoms with Crippen LogP contribution in [0.1, 0.15) is 11.4 Å². The largest absolute Gasteiger partial charge is 0.390 e. The van der Waals surface area contributed by atoms with Gasteiger partial charge in [-0.05, 0) is 23.6 Å². The lowest BCUT2D eigenvalue weighted by Gasteiger charge is -2.20. The molecule has 1 N–H and O–H groups in total. The fourth-order valence-corrected chi connectivity index (χ4v) is 2.42. The third-order valence-electron chi connectivity index (χ3n) is 3.42. The number of aliphatic hydroxyl groups excluding tert-OH is 1. The molecular weight excluding hydrogens is 262 g/mol. The van der Waals surface area contributed by atoms with Gasteiger partial charge < -0.3 is 10.0 Å². The zero-order valence-corrected chi connectivity index (χ0v) is 11.9. The predicted octanol–water partition coefficient (Wildman–Crippen LogP) is 2.76. The van der Waals surface area contributed by atoms with Gasteiger partial charge in [0.05, 0.1) is 24.5 Å². The zero-order valence-electron chi connectivity index (χ0n) is 11.9. The Bertz CT molecular complexity index is 743. The number of anilines is 1. The van der Waals surface area contributed by atoms with Crippen molar-refractivity contribution in [3.05, 3.63) is 66.1 Å². The lowest BCUT2D eigenvalue weighted by molar-refractivity contribution is 0.277. The number of benzene rings is 1. The van der Waals surface area contributed by atoms with Crippen molar-refractivity contribution in [2.45, 2.75) is 13.2 Å². The van der Waals surface area contributed by atoms with Crippen molar-refractivity contribution in [3.63, 3.8) is 0 Å². The Morgan fingerprint density at radius 1 is 1.05 bits per heavy atom. The Balaban J connectivity index is 2.02. The van der Waals surface area contributed by atoms with Crippen LogP contribution in [0.4, 0.5) is 5.82 Å². The molecule has 0 amide bonds. The number of aromatic nitrogens is 2. The van der Waals surface area contributed by atoms with E-state index in [4.69, 9.17) is 0 Å². The first-order valence-electron chi connectivity index (χ1n) is 6.88. The van der Waals surface area contributed by atoms with Gasteiger partial charge in [0.1, 0.15) is 5.82 Å². The van der Waals surface area contributed by atoms with Gasteiger partial charge in [0.25, 0.3) is 0 Å². The highest BCUT2D eigenvalue weighted by atomic mass is 16.3. The van der Waals surface area contributed by atoms with Crippen LogP contribution in [0.2, 0.25) is 0 Å². The van der Waals surface area contributed by atoms with Gasteiger partial charge in [-0.15, -0.1) is 0 Å². The summed E-state index contributed by atoms with van der Waals surface area (Å²) in [5.74, 6) is 0.864.